The average molecular weight is 349 g/mol. The molecule has 2 aliphatic carbocycles. The molecule has 2 aromatic heterocycles. The van der Waals surface area contributed by atoms with Crippen LogP contribution in [-0.2, 0) is 17.6 Å². The monoisotopic (exact) mass is 349 g/mol. The van der Waals surface area contributed by atoms with Crippen LogP contribution < -0.4 is 10.2 Å². The summed E-state index contributed by atoms with van der Waals surface area (Å²) in [6, 6.07) is 4.51. The molecule has 3 aliphatic rings. The Bertz CT molecular complexity index is 838. The molecule has 0 spiro atoms. The Labute approximate surface area is 153 Å². The molecule has 1 amide bonds. The van der Waals surface area contributed by atoms with Gasteiger partial charge in [0.15, 0.2) is 5.82 Å². The summed E-state index contributed by atoms with van der Waals surface area (Å²) in [5.41, 5.74) is 3.39. The lowest BCUT2D eigenvalue weighted by molar-refractivity contribution is -0.122. The molecular weight excluding hydrogens is 326 g/mol. The first kappa shape index (κ1) is 15.7. The maximum atomic E-state index is 12.4. The second-order valence-corrected chi connectivity index (χ2v) is 7.54. The Kier molecular flexibility index (Phi) is 3.84. The quantitative estimate of drug-likeness (QED) is 0.901. The molecule has 0 aromatic carbocycles. The van der Waals surface area contributed by atoms with Crippen LogP contribution in [0.4, 0.5) is 5.82 Å². The lowest BCUT2D eigenvalue weighted by Crippen LogP contribution is -2.62. The molecule has 134 valence electrons. The van der Waals surface area contributed by atoms with Crippen LogP contribution in [0.25, 0.3) is 11.4 Å². The second-order valence-electron chi connectivity index (χ2n) is 7.54. The fourth-order valence-electron chi connectivity index (χ4n) is 4.69. The summed E-state index contributed by atoms with van der Waals surface area (Å²) in [5.74, 6) is 1.86. The van der Waals surface area contributed by atoms with Gasteiger partial charge >= 0.3 is 0 Å². The summed E-state index contributed by atoms with van der Waals surface area (Å²) >= 11 is 0. The van der Waals surface area contributed by atoms with E-state index in [0.717, 1.165) is 55.0 Å². The van der Waals surface area contributed by atoms with Gasteiger partial charge in [0.05, 0.1) is 12.6 Å². The third-order valence-corrected chi connectivity index (χ3v) is 5.91. The van der Waals surface area contributed by atoms with Gasteiger partial charge in [-0.05, 0) is 44.2 Å². The maximum absolute atomic E-state index is 12.4. The Morgan fingerprint density at radius 3 is 2.77 bits per heavy atom. The van der Waals surface area contributed by atoms with Gasteiger partial charge in [0.1, 0.15) is 5.82 Å². The molecule has 2 fully saturated rings. The van der Waals surface area contributed by atoms with Crippen LogP contribution in [0.5, 0.6) is 0 Å². The molecule has 5 rings (SSSR count). The van der Waals surface area contributed by atoms with E-state index >= 15 is 0 Å². The first-order valence-electron chi connectivity index (χ1n) is 9.66. The molecule has 3 heterocycles. The number of hydrogen-bond acceptors (Lipinski definition) is 5. The third kappa shape index (κ3) is 2.64. The number of fused-ring (bicyclic) bond motifs is 2. The molecule has 6 heteroatoms. The number of hydrogen-bond donors (Lipinski definition) is 1. The Balaban J connectivity index is 1.61. The highest BCUT2D eigenvalue weighted by Crippen LogP contribution is 2.36. The molecule has 0 radical (unpaired) electrons. The van der Waals surface area contributed by atoms with Gasteiger partial charge in [-0.25, -0.2) is 9.97 Å². The van der Waals surface area contributed by atoms with Crippen LogP contribution in [0, 0.1) is 0 Å². The van der Waals surface area contributed by atoms with E-state index in [1.54, 1.807) is 12.4 Å². The number of carbonyl (C=O) groups excluding carboxylic acids is 1. The number of amides is 1. The van der Waals surface area contributed by atoms with Gasteiger partial charge in [-0.2, -0.15) is 0 Å². The highest BCUT2D eigenvalue weighted by atomic mass is 16.2. The molecule has 2 aromatic rings. The number of nitrogens with zero attached hydrogens (tertiary/aromatic N) is 4. The summed E-state index contributed by atoms with van der Waals surface area (Å²) in [5, 5.41) is 3.20. The molecule has 6 nitrogen and oxygen atoms in total. The van der Waals surface area contributed by atoms with Crippen LogP contribution in [0.3, 0.4) is 0 Å². The van der Waals surface area contributed by atoms with Crippen molar-refractivity contribution < 1.29 is 4.79 Å². The van der Waals surface area contributed by atoms with Crippen molar-refractivity contribution in [1.82, 2.24) is 20.3 Å². The molecule has 0 bridgehead atoms. The number of aromatic nitrogens is 3. The topological polar surface area (TPSA) is 71.0 Å². The smallest absolute Gasteiger partial charge is 0.239 e. The molecule has 1 aliphatic heterocycles. The fourth-order valence-corrected chi connectivity index (χ4v) is 4.69. The van der Waals surface area contributed by atoms with E-state index < -0.39 is 0 Å². The van der Waals surface area contributed by atoms with Gasteiger partial charge in [-0.3, -0.25) is 9.78 Å². The average Bonchev–Trinajstić information content (AvgIpc) is 3.16. The van der Waals surface area contributed by atoms with E-state index in [-0.39, 0.29) is 11.9 Å². The summed E-state index contributed by atoms with van der Waals surface area (Å²) in [6.45, 7) is 0.403. The third-order valence-electron chi connectivity index (χ3n) is 5.91. The van der Waals surface area contributed by atoms with Crippen molar-refractivity contribution in [3.63, 3.8) is 0 Å². The first-order valence-corrected chi connectivity index (χ1v) is 9.66. The molecule has 1 N–H and O–H groups in total. The standard InChI is InChI=1S/C20H23N5O/c26-18-12-25(17-7-2-1-5-16(17)22-18)20-14-4-3-6-15(14)23-19(24-20)13-8-10-21-11-9-13/h8-11,16-17H,1-7,12H2,(H,22,26)/t16-,17-/m0/s1. The van der Waals surface area contributed by atoms with Crippen LogP contribution >= 0.6 is 0 Å². The zero-order chi connectivity index (χ0) is 17.5. The minimum atomic E-state index is 0.115. The number of rotatable bonds is 2. The first-order chi connectivity index (χ1) is 12.8. The van der Waals surface area contributed by atoms with Crippen molar-refractivity contribution in [2.24, 2.45) is 0 Å². The van der Waals surface area contributed by atoms with E-state index in [4.69, 9.17) is 9.97 Å². The summed E-state index contributed by atoms with van der Waals surface area (Å²) < 4.78 is 0. The van der Waals surface area contributed by atoms with Gasteiger partial charge in [0, 0.05) is 35.3 Å². The van der Waals surface area contributed by atoms with Gasteiger partial charge < -0.3 is 10.2 Å². The molecule has 1 saturated heterocycles. The lowest BCUT2D eigenvalue weighted by atomic mass is 9.87. The van der Waals surface area contributed by atoms with Crippen LogP contribution in [-0.4, -0.2) is 39.5 Å². The number of pyridine rings is 1. The van der Waals surface area contributed by atoms with E-state index in [9.17, 15) is 4.79 Å². The van der Waals surface area contributed by atoms with Crippen molar-refractivity contribution in [3.8, 4) is 11.4 Å². The molecule has 2 atom stereocenters. The van der Waals surface area contributed by atoms with Gasteiger partial charge in [-0.15, -0.1) is 0 Å². The van der Waals surface area contributed by atoms with E-state index in [2.05, 4.69) is 15.2 Å². The minimum Gasteiger partial charge on any atom is -0.350 e. The largest absolute Gasteiger partial charge is 0.350 e. The number of anilines is 1. The Morgan fingerprint density at radius 1 is 1.04 bits per heavy atom. The number of aryl methyl sites for hydroxylation is 1. The highest BCUT2D eigenvalue weighted by molar-refractivity contribution is 5.84. The summed E-state index contributed by atoms with van der Waals surface area (Å²) in [6.07, 6.45) is 11.3. The van der Waals surface area contributed by atoms with Crippen molar-refractivity contribution in [3.05, 3.63) is 35.8 Å². The van der Waals surface area contributed by atoms with Crippen molar-refractivity contribution in [2.75, 3.05) is 11.4 Å². The fraction of sp³-hybridized carbons (Fsp3) is 0.500. The summed E-state index contributed by atoms with van der Waals surface area (Å²) in [7, 11) is 0. The van der Waals surface area contributed by atoms with Gasteiger partial charge in [0.25, 0.3) is 0 Å². The van der Waals surface area contributed by atoms with Crippen LogP contribution in [0.1, 0.15) is 43.4 Å². The SMILES string of the molecule is O=C1CN(c2nc(-c3ccncc3)nc3c2CCC3)[C@H]2CCCC[C@@H]2N1. The second kappa shape index (κ2) is 6.34. The summed E-state index contributed by atoms with van der Waals surface area (Å²) in [4.78, 5) is 28.5. The zero-order valence-corrected chi connectivity index (χ0v) is 14.8. The zero-order valence-electron chi connectivity index (χ0n) is 14.8. The maximum Gasteiger partial charge on any atom is 0.239 e. The number of carbonyl (C=O) groups is 1. The van der Waals surface area contributed by atoms with Gasteiger partial charge in [0.2, 0.25) is 5.91 Å². The normalized spacial score (nSPS) is 24.8. The highest BCUT2D eigenvalue weighted by Gasteiger charge is 2.38. The minimum absolute atomic E-state index is 0.115. The molecule has 0 unspecified atom stereocenters. The Hall–Kier alpha value is -2.50. The van der Waals surface area contributed by atoms with Crippen molar-refractivity contribution in [1.29, 1.82) is 0 Å². The van der Waals surface area contributed by atoms with Crippen LogP contribution in [0.15, 0.2) is 24.5 Å². The predicted molar refractivity (Wildman–Crippen MR) is 98.8 cm³/mol. The van der Waals surface area contributed by atoms with E-state index in [1.165, 1.54) is 18.4 Å². The van der Waals surface area contributed by atoms with Crippen molar-refractivity contribution in [2.45, 2.75) is 57.0 Å². The molecular formula is C20H23N5O. The predicted octanol–water partition coefficient (Wildman–Crippen LogP) is 2.27. The van der Waals surface area contributed by atoms with E-state index in [0.29, 0.717) is 12.6 Å². The van der Waals surface area contributed by atoms with Gasteiger partial charge in [-0.1, -0.05) is 12.8 Å². The molecule has 1 saturated carbocycles. The van der Waals surface area contributed by atoms with E-state index in [1.807, 2.05) is 12.1 Å². The number of piperazine rings is 1. The molecule has 26 heavy (non-hydrogen) atoms. The number of nitrogens with one attached hydrogen (secondary N) is 1. The lowest BCUT2D eigenvalue weighted by Gasteiger charge is -2.45. The van der Waals surface area contributed by atoms with Crippen molar-refractivity contribution >= 4 is 11.7 Å². The van der Waals surface area contributed by atoms with Crippen LogP contribution in [0.2, 0.25) is 0 Å². The Morgan fingerprint density at radius 2 is 1.88 bits per heavy atom.